The van der Waals surface area contributed by atoms with Gasteiger partial charge in [0.25, 0.3) is 0 Å². The molecule has 0 spiro atoms. The standard InChI is InChI=1S/C9H8N4O3/c10-12-11-9(14)6-5-7-3-1-2-4-8(7)13(15)16/h1-6,15H,(H-,10,11,14)/q-2. The summed E-state index contributed by atoms with van der Waals surface area (Å²) in [6.45, 7) is 0. The molecule has 84 valence electrons. The number of carbonyl (C=O) groups is 1. The van der Waals surface area contributed by atoms with Crippen molar-refractivity contribution in [1.29, 1.82) is 0 Å². The van der Waals surface area contributed by atoms with Gasteiger partial charge in [-0.05, 0) is 23.8 Å². The fraction of sp³-hybridized carbons (Fsp3) is 0. The van der Waals surface area contributed by atoms with E-state index >= 15 is 0 Å². The molecule has 0 aliphatic carbocycles. The van der Waals surface area contributed by atoms with Crippen LogP contribution in [0.5, 0.6) is 0 Å². The predicted octanol–water partition coefficient (Wildman–Crippen LogP) is 1.45. The summed E-state index contributed by atoms with van der Waals surface area (Å²) in [7, 11) is 0. The highest BCUT2D eigenvalue weighted by Gasteiger charge is 1.98. The van der Waals surface area contributed by atoms with Crippen molar-refractivity contribution in [3.8, 4) is 0 Å². The fourth-order valence-electron chi connectivity index (χ4n) is 1.05. The molecule has 16 heavy (non-hydrogen) atoms. The van der Waals surface area contributed by atoms with E-state index in [9.17, 15) is 10.0 Å². The summed E-state index contributed by atoms with van der Waals surface area (Å²) >= 11 is 0. The molecule has 0 atom stereocenters. The lowest BCUT2D eigenvalue weighted by Crippen LogP contribution is -2.12. The minimum Gasteiger partial charge on any atom is -0.733 e. The van der Waals surface area contributed by atoms with Gasteiger partial charge in [-0.3, -0.25) is 15.2 Å². The van der Waals surface area contributed by atoms with Crippen LogP contribution in [0.15, 0.2) is 35.6 Å². The molecule has 1 aromatic rings. The average Bonchev–Trinajstić information content (AvgIpc) is 2.27. The molecule has 2 N–H and O–H groups in total. The third-order valence-electron chi connectivity index (χ3n) is 1.72. The van der Waals surface area contributed by atoms with Crippen LogP contribution >= 0.6 is 0 Å². The first kappa shape index (κ1) is 11.8. The molecule has 0 heterocycles. The third-order valence-corrected chi connectivity index (χ3v) is 1.72. The molecular formula is C9H8N4O3-2. The maximum absolute atomic E-state index is 10.9. The normalized spacial score (nSPS) is 10.1. The Labute approximate surface area is 91.0 Å². The van der Waals surface area contributed by atoms with Gasteiger partial charge >= 0.3 is 0 Å². The molecule has 0 radical (unpaired) electrons. The minimum absolute atomic E-state index is 0.00693. The topological polar surface area (TPSA) is 110 Å². The maximum Gasteiger partial charge on any atom is 0.181 e. The van der Waals surface area contributed by atoms with Gasteiger partial charge in [0.15, 0.2) is 5.91 Å². The van der Waals surface area contributed by atoms with Crippen LogP contribution < -0.4 is 10.7 Å². The van der Waals surface area contributed by atoms with E-state index in [0.717, 1.165) is 6.08 Å². The van der Waals surface area contributed by atoms with Crippen molar-refractivity contribution in [1.82, 2.24) is 5.43 Å². The molecule has 0 bridgehead atoms. The summed E-state index contributed by atoms with van der Waals surface area (Å²) in [5, 5.41) is 21.6. The van der Waals surface area contributed by atoms with Crippen molar-refractivity contribution >= 4 is 17.7 Å². The van der Waals surface area contributed by atoms with E-state index < -0.39 is 5.91 Å². The minimum atomic E-state index is -0.660. The van der Waals surface area contributed by atoms with Crippen LogP contribution in [0, 0.1) is 5.21 Å². The first-order valence-electron chi connectivity index (χ1n) is 4.22. The Morgan fingerprint density at radius 1 is 1.56 bits per heavy atom. The largest absolute Gasteiger partial charge is 0.733 e. The van der Waals surface area contributed by atoms with Gasteiger partial charge in [0, 0.05) is 0 Å². The smallest absolute Gasteiger partial charge is 0.181 e. The lowest BCUT2D eigenvalue weighted by Gasteiger charge is -2.23. The van der Waals surface area contributed by atoms with Crippen molar-refractivity contribution in [3.05, 3.63) is 46.6 Å². The molecule has 0 saturated heterocycles. The van der Waals surface area contributed by atoms with Crippen LogP contribution in [-0.2, 0) is 4.79 Å². The van der Waals surface area contributed by atoms with Crippen molar-refractivity contribution in [3.63, 3.8) is 0 Å². The predicted molar refractivity (Wildman–Crippen MR) is 57.0 cm³/mol. The van der Waals surface area contributed by atoms with Crippen LogP contribution in [-0.4, -0.2) is 11.1 Å². The molecule has 0 aromatic heterocycles. The van der Waals surface area contributed by atoms with Crippen LogP contribution in [0.4, 0.5) is 5.69 Å². The molecule has 1 aromatic carbocycles. The number of nitrogens with one attached hydrogen (secondary N) is 1. The van der Waals surface area contributed by atoms with Gasteiger partial charge in [0.2, 0.25) is 0 Å². The zero-order valence-corrected chi connectivity index (χ0v) is 8.07. The van der Waals surface area contributed by atoms with Crippen molar-refractivity contribution in [2.24, 2.45) is 5.22 Å². The van der Waals surface area contributed by atoms with E-state index in [0.29, 0.717) is 5.56 Å². The van der Waals surface area contributed by atoms with Gasteiger partial charge in [-0.1, -0.05) is 18.2 Å². The number of benzene rings is 1. The van der Waals surface area contributed by atoms with E-state index in [1.54, 1.807) is 17.6 Å². The second-order valence-electron chi connectivity index (χ2n) is 2.74. The van der Waals surface area contributed by atoms with Gasteiger partial charge in [-0.15, -0.1) is 0 Å². The second-order valence-corrected chi connectivity index (χ2v) is 2.74. The number of carbonyl (C=O) groups excluding carboxylic acids is 1. The maximum atomic E-state index is 10.9. The highest BCUT2D eigenvalue weighted by atomic mass is 16.8. The first-order valence-corrected chi connectivity index (χ1v) is 4.22. The van der Waals surface area contributed by atoms with E-state index in [-0.39, 0.29) is 10.9 Å². The summed E-state index contributed by atoms with van der Waals surface area (Å²) in [6, 6.07) is 6.13. The van der Waals surface area contributed by atoms with Gasteiger partial charge in [-0.25, -0.2) is 0 Å². The highest BCUT2D eigenvalue weighted by molar-refractivity contribution is 5.92. The molecule has 1 amide bonds. The van der Waals surface area contributed by atoms with Gasteiger partial charge < -0.3 is 21.4 Å². The van der Waals surface area contributed by atoms with Crippen molar-refractivity contribution in [2.45, 2.75) is 0 Å². The molecule has 0 unspecified atom stereocenters. The number of amides is 1. The van der Waals surface area contributed by atoms with Crippen LogP contribution in [0.3, 0.4) is 0 Å². The zero-order valence-electron chi connectivity index (χ0n) is 8.07. The van der Waals surface area contributed by atoms with E-state index in [4.69, 9.17) is 10.7 Å². The number of hydrogen-bond donors (Lipinski definition) is 2. The Hall–Kier alpha value is -2.25. The van der Waals surface area contributed by atoms with E-state index in [1.165, 1.54) is 18.2 Å². The Balaban J connectivity index is 2.88. The summed E-state index contributed by atoms with van der Waals surface area (Å²) in [4.78, 5) is 10.9. The molecule has 0 fully saturated rings. The number of anilines is 1. The van der Waals surface area contributed by atoms with Crippen LogP contribution in [0.2, 0.25) is 0 Å². The SMILES string of the molecule is [N-]=NNC(=O)C=Cc1ccccc1N([O-])O. The lowest BCUT2D eigenvalue weighted by atomic mass is 10.1. The molecule has 7 nitrogen and oxygen atoms in total. The molecular weight excluding hydrogens is 212 g/mol. The Kier molecular flexibility index (Phi) is 4.13. The summed E-state index contributed by atoms with van der Waals surface area (Å²) in [6.07, 6.45) is 2.36. The van der Waals surface area contributed by atoms with Crippen LogP contribution in [0.1, 0.15) is 5.56 Å². The van der Waals surface area contributed by atoms with Crippen LogP contribution in [0.25, 0.3) is 11.6 Å². The number of hydrogen-bond acceptors (Lipinski definition) is 5. The molecule has 0 saturated carbocycles. The summed E-state index contributed by atoms with van der Waals surface area (Å²) < 4.78 is 0. The van der Waals surface area contributed by atoms with Gasteiger partial charge in [0.05, 0.1) is 5.69 Å². The van der Waals surface area contributed by atoms with Gasteiger partial charge in [-0.2, -0.15) is 0 Å². The Morgan fingerprint density at radius 2 is 2.25 bits per heavy atom. The average molecular weight is 220 g/mol. The number of para-hydroxylation sites is 1. The lowest BCUT2D eigenvalue weighted by molar-refractivity contribution is -0.116. The van der Waals surface area contributed by atoms with Gasteiger partial charge in [0.1, 0.15) is 0 Å². The molecule has 0 aliphatic heterocycles. The summed E-state index contributed by atoms with van der Waals surface area (Å²) in [5.74, 6) is -0.660. The van der Waals surface area contributed by atoms with Crippen molar-refractivity contribution in [2.75, 3.05) is 5.23 Å². The third kappa shape index (κ3) is 3.15. The van der Waals surface area contributed by atoms with E-state index in [1.807, 2.05) is 0 Å². The quantitative estimate of drug-likeness (QED) is 0.454. The molecule has 1 rings (SSSR count). The Morgan fingerprint density at radius 3 is 2.88 bits per heavy atom. The van der Waals surface area contributed by atoms with E-state index in [2.05, 4.69) is 5.22 Å². The molecule has 7 heteroatoms. The second kappa shape index (κ2) is 5.59. The number of nitrogens with zero attached hydrogens (tertiary/aromatic N) is 3. The number of rotatable bonds is 4. The fourth-order valence-corrected chi connectivity index (χ4v) is 1.05. The first-order chi connectivity index (χ1) is 7.65. The monoisotopic (exact) mass is 220 g/mol. The molecule has 0 aliphatic rings. The highest BCUT2D eigenvalue weighted by Crippen LogP contribution is 2.19. The zero-order chi connectivity index (χ0) is 12.0. The van der Waals surface area contributed by atoms with Crippen molar-refractivity contribution < 1.29 is 10.0 Å². The summed E-state index contributed by atoms with van der Waals surface area (Å²) in [5.41, 5.74) is 10.2. The Bertz CT molecular complexity index is 417.